The predicted molar refractivity (Wildman–Crippen MR) is 113 cm³/mol. The molecule has 0 bridgehead atoms. The first-order valence-corrected chi connectivity index (χ1v) is 10.0. The Kier molecular flexibility index (Phi) is 5.32. The number of hydrogen-bond acceptors (Lipinski definition) is 6. The van der Waals surface area contributed by atoms with Crippen molar-refractivity contribution in [3.8, 4) is 11.5 Å². The highest BCUT2D eigenvalue weighted by atomic mass is 35.5. The Bertz CT molecular complexity index is 1200. The molecule has 3 aromatic rings. The van der Waals surface area contributed by atoms with Crippen molar-refractivity contribution in [1.29, 1.82) is 0 Å². The number of amides is 3. The third-order valence-corrected chi connectivity index (χ3v) is 5.43. The Morgan fingerprint density at radius 1 is 1.06 bits per heavy atom. The average Bonchev–Trinajstić information content (AvgIpc) is 3.31. The van der Waals surface area contributed by atoms with Gasteiger partial charge in [0.1, 0.15) is 0 Å². The maximum absolute atomic E-state index is 13.2. The van der Waals surface area contributed by atoms with E-state index in [1.807, 2.05) is 19.9 Å². The molecule has 1 aliphatic heterocycles. The lowest BCUT2D eigenvalue weighted by Gasteiger charge is -2.25. The van der Waals surface area contributed by atoms with E-state index in [1.165, 1.54) is 19.2 Å². The van der Waals surface area contributed by atoms with E-state index in [-0.39, 0.29) is 41.7 Å². The zero-order chi connectivity index (χ0) is 22.3. The first kappa shape index (κ1) is 20.7. The van der Waals surface area contributed by atoms with Crippen LogP contribution in [0, 0.1) is 0 Å². The number of carbonyl (C=O) groups excluding carboxylic acids is 3. The summed E-state index contributed by atoms with van der Waals surface area (Å²) in [6, 6.07) is 11.4. The summed E-state index contributed by atoms with van der Waals surface area (Å²) >= 11 is 6.19. The number of hydrogen-bond donors (Lipinski definition) is 0. The van der Waals surface area contributed by atoms with E-state index in [2.05, 4.69) is 10.2 Å². The second kappa shape index (κ2) is 7.96. The molecule has 1 aromatic heterocycles. The third-order valence-electron chi connectivity index (χ3n) is 5.10. The van der Waals surface area contributed by atoms with Gasteiger partial charge in [-0.2, -0.15) is 0 Å². The van der Waals surface area contributed by atoms with Gasteiger partial charge in [0.25, 0.3) is 17.7 Å². The van der Waals surface area contributed by atoms with Gasteiger partial charge in [-0.15, -0.1) is 10.2 Å². The molecule has 0 radical (unpaired) electrons. The van der Waals surface area contributed by atoms with Gasteiger partial charge in [-0.05, 0) is 44.2 Å². The van der Waals surface area contributed by atoms with Gasteiger partial charge in [-0.1, -0.05) is 23.7 Å². The van der Waals surface area contributed by atoms with Crippen LogP contribution in [-0.4, -0.2) is 50.8 Å². The molecule has 4 rings (SSSR count). The quantitative estimate of drug-likeness (QED) is 0.564. The number of aromatic nitrogens is 2. The van der Waals surface area contributed by atoms with Crippen LogP contribution in [0.5, 0.6) is 0 Å². The van der Waals surface area contributed by atoms with Crippen molar-refractivity contribution in [2.45, 2.75) is 26.4 Å². The van der Waals surface area contributed by atoms with Crippen LogP contribution in [0.2, 0.25) is 5.02 Å². The number of nitrogens with zero attached hydrogens (tertiary/aromatic N) is 4. The second-order valence-corrected chi connectivity index (χ2v) is 7.84. The Morgan fingerprint density at radius 3 is 2.48 bits per heavy atom. The van der Waals surface area contributed by atoms with E-state index in [4.69, 9.17) is 16.0 Å². The minimum Gasteiger partial charge on any atom is -0.419 e. The van der Waals surface area contributed by atoms with Gasteiger partial charge in [0, 0.05) is 18.7 Å². The van der Waals surface area contributed by atoms with Gasteiger partial charge >= 0.3 is 0 Å². The van der Waals surface area contributed by atoms with Crippen LogP contribution < -0.4 is 0 Å². The van der Waals surface area contributed by atoms with E-state index >= 15 is 0 Å². The number of rotatable bonds is 5. The molecule has 2 aromatic carbocycles. The van der Waals surface area contributed by atoms with E-state index in [9.17, 15) is 14.4 Å². The molecule has 31 heavy (non-hydrogen) atoms. The Hall–Kier alpha value is -3.52. The lowest BCUT2D eigenvalue weighted by atomic mass is 10.0. The molecule has 0 N–H and O–H groups in total. The molecule has 0 atom stereocenters. The molecule has 2 heterocycles. The highest BCUT2D eigenvalue weighted by Gasteiger charge is 2.34. The van der Waals surface area contributed by atoms with E-state index in [0.29, 0.717) is 21.7 Å². The third kappa shape index (κ3) is 3.70. The monoisotopic (exact) mass is 438 g/mol. The van der Waals surface area contributed by atoms with Crippen LogP contribution in [0.15, 0.2) is 46.9 Å². The van der Waals surface area contributed by atoms with Crippen molar-refractivity contribution in [3.05, 3.63) is 70.1 Å². The van der Waals surface area contributed by atoms with Crippen LogP contribution in [0.4, 0.5) is 0 Å². The molecule has 0 fully saturated rings. The molecule has 3 amide bonds. The lowest BCUT2D eigenvalue weighted by Crippen LogP contribution is -2.36. The molecule has 0 spiro atoms. The number of imide groups is 1. The lowest BCUT2D eigenvalue weighted by molar-refractivity contribution is 0.0670. The molecule has 1 aliphatic rings. The number of benzene rings is 2. The Balaban J connectivity index is 1.60. The maximum Gasteiger partial charge on any atom is 0.261 e. The molecule has 158 valence electrons. The van der Waals surface area contributed by atoms with Crippen molar-refractivity contribution < 1.29 is 18.8 Å². The minimum absolute atomic E-state index is 0.0812. The van der Waals surface area contributed by atoms with Crippen LogP contribution in [0.25, 0.3) is 11.5 Å². The normalized spacial score (nSPS) is 13.1. The summed E-state index contributed by atoms with van der Waals surface area (Å²) in [6.45, 7) is 3.80. The minimum atomic E-state index is -0.424. The number of halogens is 1. The molecule has 0 saturated heterocycles. The summed E-state index contributed by atoms with van der Waals surface area (Å²) in [7, 11) is 1.42. The summed E-state index contributed by atoms with van der Waals surface area (Å²) in [4.78, 5) is 40.1. The summed E-state index contributed by atoms with van der Waals surface area (Å²) in [6.07, 6.45) is 0. The topological polar surface area (TPSA) is 96.6 Å². The van der Waals surface area contributed by atoms with Crippen LogP contribution in [0.1, 0.15) is 50.8 Å². The standard InChI is InChI=1S/C22H19ClN4O4/c1-12(2)27(11-18-24-25-19(31-18)15-6-4-5-7-17(15)23)20(28)13-8-9-14-16(10-13)22(30)26(3)21(14)29/h4-10,12H,11H2,1-3H3. The van der Waals surface area contributed by atoms with Gasteiger partial charge in [0.15, 0.2) is 0 Å². The van der Waals surface area contributed by atoms with Crippen LogP contribution >= 0.6 is 11.6 Å². The van der Waals surface area contributed by atoms with Gasteiger partial charge in [-0.25, -0.2) is 0 Å². The number of fused-ring (bicyclic) bond motifs is 1. The fraction of sp³-hybridized carbons (Fsp3) is 0.227. The SMILES string of the molecule is CC(C)N(Cc1nnc(-c2ccccc2Cl)o1)C(=O)c1ccc2c(c1)C(=O)N(C)C2=O. The maximum atomic E-state index is 13.2. The molecule has 0 unspecified atom stereocenters. The van der Waals surface area contributed by atoms with Crippen molar-refractivity contribution in [3.63, 3.8) is 0 Å². The zero-order valence-electron chi connectivity index (χ0n) is 17.1. The molecule has 0 aliphatic carbocycles. The number of carbonyl (C=O) groups is 3. The van der Waals surface area contributed by atoms with Crippen molar-refractivity contribution in [1.82, 2.24) is 20.0 Å². The van der Waals surface area contributed by atoms with Crippen molar-refractivity contribution >= 4 is 29.3 Å². The first-order valence-electron chi connectivity index (χ1n) is 9.62. The highest BCUT2D eigenvalue weighted by molar-refractivity contribution is 6.33. The molecule has 9 heteroatoms. The van der Waals surface area contributed by atoms with E-state index in [0.717, 1.165) is 4.90 Å². The molecule has 8 nitrogen and oxygen atoms in total. The summed E-state index contributed by atoms with van der Waals surface area (Å²) in [5.74, 6) is -0.597. The molecular weight excluding hydrogens is 420 g/mol. The summed E-state index contributed by atoms with van der Waals surface area (Å²) in [5, 5.41) is 8.57. The van der Waals surface area contributed by atoms with Crippen molar-refractivity contribution in [2.75, 3.05) is 7.05 Å². The molecular formula is C22H19ClN4O4. The van der Waals surface area contributed by atoms with E-state index < -0.39 is 5.91 Å². The Morgan fingerprint density at radius 2 is 1.77 bits per heavy atom. The smallest absolute Gasteiger partial charge is 0.261 e. The largest absolute Gasteiger partial charge is 0.419 e. The van der Waals surface area contributed by atoms with Gasteiger partial charge < -0.3 is 9.32 Å². The summed E-state index contributed by atoms with van der Waals surface area (Å²) in [5.41, 5.74) is 1.42. The fourth-order valence-electron chi connectivity index (χ4n) is 3.36. The Labute approximate surface area is 183 Å². The van der Waals surface area contributed by atoms with Crippen LogP contribution in [-0.2, 0) is 6.54 Å². The van der Waals surface area contributed by atoms with Crippen LogP contribution in [0.3, 0.4) is 0 Å². The van der Waals surface area contributed by atoms with Gasteiger partial charge in [-0.3, -0.25) is 19.3 Å². The van der Waals surface area contributed by atoms with Gasteiger partial charge in [0.2, 0.25) is 11.8 Å². The fourth-order valence-corrected chi connectivity index (χ4v) is 3.57. The van der Waals surface area contributed by atoms with Gasteiger partial charge in [0.05, 0.1) is 28.3 Å². The predicted octanol–water partition coefficient (Wildman–Crippen LogP) is 3.67. The van der Waals surface area contributed by atoms with Crippen molar-refractivity contribution in [2.24, 2.45) is 0 Å². The van der Waals surface area contributed by atoms with E-state index in [1.54, 1.807) is 29.2 Å². The average molecular weight is 439 g/mol. The summed E-state index contributed by atoms with van der Waals surface area (Å²) < 4.78 is 5.73. The molecule has 0 saturated carbocycles. The highest BCUT2D eigenvalue weighted by Crippen LogP contribution is 2.27. The second-order valence-electron chi connectivity index (χ2n) is 7.44. The first-order chi connectivity index (χ1) is 14.8. The zero-order valence-corrected chi connectivity index (χ0v) is 17.9.